The fourth-order valence-electron chi connectivity index (χ4n) is 2.49. The molecule has 2 atom stereocenters. The van der Waals surface area contributed by atoms with Gasteiger partial charge in [0.15, 0.2) is 0 Å². The third kappa shape index (κ3) is 3.09. The Hall–Kier alpha value is -0.830. The number of rotatable bonds is 1. The van der Waals surface area contributed by atoms with Gasteiger partial charge >= 0.3 is 0 Å². The quantitative estimate of drug-likeness (QED) is 0.654. The van der Waals surface area contributed by atoms with Crippen LogP contribution in [0.3, 0.4) is 0 Å². The van der Waals surface area contributed by atoms with E-state index in [1.54, 1.807) is 6.92 Å². The summed E-state index contributed by atoms with van der Waals surface area (Å²) in [6.45, 7) is 18.3. The highest BCUT2D eigenvalue weighted by Crippen LogP contribution is 2.23. The molecule has 0 aromatic rings. The number of nitrogens with zero attached hydrogens (tertiary/aromatic N) is 2. The molecule has 0 N–H and O–H groups in total. The number of amides is 1. The zero-order valence-electron chi connectivity index (χ0n) is 12.1. The van der Waals surface area contributed by atoms with Crippen LogP contribution in [0.4, 0.5) is 0 Å². The summed E-state index contributed by atoms with van der Waals surface area (Å²) < 4.78 is 0. The predicted octanol–water partition coefficient (Wildman–Crippen LogP) is 2.28. The van der Waals surface area contributed by atoms with Crippen LogP contribution in [0.2, 0.25) is 0 Å². The van der Waals surface area contributed by atoms with Crippen molar-refractivity contribution in [1.82, 2.24) is 9.80 Å². The molecular weight excluding hydrogens is 212 g/mol. The highest BCUT2D eigenvalue weighted by Gasteiger charge is 2.36. The van der Waals surface area contributed by atoms with Gasteiger partial charge in [-0.3, -0.25) is 9.69 Å². The first-order valence-corrected chi connectivity index (χ1v) is 6.37. The van der Waals surface area contributed by atoms with Gasteiger partial charge in [0.2, 0.25) is 5.91 Å². The van der Waals surface area contributed by atoms with E-state index in [0.29, 0.717) is 5.57 Å². The van der Waals surface area contributed by atoms with Gasteiger partial charge in [-0.25, -0.2) is 0 Å². The molecule has 0 aromatic carbocycles. The van der Waals surface area contributed by atoms with Crippen LogP contribution in [0.15, 0.2) is 12.2 Å². The third-order valence-corrected chi connectivity index (χ3v) is 3.47. The molecule has 98 valence electrons. The first-order chi connectivity index (χ1) is 7.64. The molecule has 1 amide bonds. The van der Waals surface area contributed by atoms with Crippen molar-refractivity contribution in [1.29, 1.82) is 0 Å². The van der Waals surface area contributed by atoms with E-state index in [4.69, 9.17) is 0 Å². The summed E-state index contributed by atoms with van der Waals surface area (Å²) in [7, 11) is 0. The van der Waals surface area contributed by atoms with Gasteiger partial charge in [-0.05, 0) is 41.5 Å². The summed E-state index contributed by atoms with van der Waals surface area (Å²) in [5.41, 5.74) is 0.800. The molecule has 3 nitrogen and oxygen atoms in total. The first kappa shape index (κ1) is 14.2. The van der Waals surface area contributed by atoms with Crippen molar-refractivity contribution in [2.75, 3.05) is 13.1 Å². The Balaban J connectivity index is 2.82. The minimum absolute atomic E-state index is 0.0959. The van der Waals surface area contributed by atoms with E-state index in [0.717, 1.165) is 13.1 Å². The molecule has 17 heavy (non-hydrogen) atoms. The third-order valence-electron chi connectivity index (χ3n) is 3.47. The summed E-state index contributed by atoms with van der Waals surface area (Å²) in [5.74, 6) is 0.0959. The molecule has 0 spiro atoms. The molecule has 1 fully saturated rings. The van der Waals surface area contributed by atoms with Crippen molar-refractivity contribution in [3.8, 4) is 0 Å². The van der Waals surface area contributed by atoms with Crippen LogP contribution in [0.25, 0.3) is 0 Å². The molecule has 0 unspecified atom stereocenters. The Bertz CT molecular complexity index is 305. The van der Waals surface area contributed by atoms with E-state index in [2.05, 4.69) is 46.1 Å². The van der Waals surface area contributed by atoms with Gasteiger partial charge in [0.05, 0.1) is 0 Å². The van der Waals surface area contributed by atoms with Crippen LogP contribution in [0.5, 0.6) is 0 Å². The van der Waals surface area contributed by atoms with Crippen LogP contribution in [0.1, 0.15) is 41.5 Å². The maximum absolute atomic E-state index is 12.1. The highest BCUT2D eigenvalue weighted by atomic mass is 16.2. The average Bonchev–Trinajstić information content (AvgIpc) is 2.14. The fourth-order valence-corrected chi connectivity index (χ4v) is 2.49. The fraction of sp³-hybridized carbons (Fsp3) is 0.786. The van der Waals surface area contributed by atoms with Gasteiger partial charge in [0, 0.05) is 36.3 Å². The number of hydrogen-bond donors (Lipinski definition) is 0. The summed E-state index contributed by atoms with van der Waals surface area (Å²) in [6.07, 6.45) is 0. The molecule has 1 aliphatic heterocycles. The van der Waals surface area contributed by atoms with Gasteiger partial charge in [-0.2, -0.15) is 0 Å². The molecule has 3 heteroatoms. The molecule has 0 radical (unpaired) electrons. The van der Waals surface area contributed by atoms with Crippen LogP contribution in [0, 0.1) is 0 Å². The lowest BCUT2D eigenvalue weighted by molar-refractivity contribution is -0.136. The average molecular weight is 238 g/mol. The molecule has 0 aliphatic carbocycles. The summed E-state index contributed by atoms with van der Waals surface area (Å²) in [6, 6.07) is 0.504. The lowest BCUT2D eigenvalue weighted by atomic mass is 9.99. The molecule has 1 rings (SSSR count). The van der Waals surface area contributed by atoms with Crippen LogP contribution in [-0.2, 0) is 4.79 Å². The van der Waals surface area contributed by atoms with E-state index in [1.165, 1.54) is 0 Å². The zero-order valence-corrected chi connectivity index (χ0v) is 12.1. The Kier molecular flexibility index (Phi) is 4.03. The van der Waals surface area contributed by atoms with E-state index in [1.807, 2.05) is 4.90 Å². The zero-order chi connectivity index (χ0) is 13.4. The van der Waals surface area contributed by atoms with E-state index in [-0.39, 0.29) is 23.5 Å². The molecular formula is C14H26N2O. The standard InChI is InChI=1S/C14H26N2O/c1-10(2)13(17)16-11(3)8-15(9-12(16)4)14(5,6)7/h11-12H,1,8-9H2,2-7H3/t11-,12+. The Morgan fingerprint density at radius 1 is 1.18 bits per heavy atom. The van der Waals surface area contributed by atoms with Crippen LogP contribution in [-0.4, -0.2) is 46.4 Å². The molecule has 1 saturated heterocycles. The van der Waals surface area contributed by atoms with Gasteiger partial charge in [0.1, 0.15) is 0 Å². The minimum atomic E-state index is 0.0959. The molecule has 1 aliphatic rings. The van der Waals surface area contributed by atoms with Crippen molar-refractivity contribution in [3.63, 3.8) is 0 Å². The molecule has 0 saturated carbocycles. The van der Waals surface area contributed by atoms with Gasteiger partial charge in [-0.15, -0.1) is 0 Å². The smallest absolute Gasteiger partial charge is 0.249 e. The highest BCUT2D eigenvalue weighted by molar-refractivity contribution is 5.92. The van der Waals surface area contributed by atoms with E-state index in [9.17, 15) is 4.79 Å². The predicted molar refractivity (Wildman–Crippen MR) is 71.9 cm³/mol. The van der Waals surface area contributed by atoms with E-state index < -0.39 is 0 Å². The first-order valence-electron chi connectivity index (χ1n) is 6.37. The molecule has 0 bridgehead atoms. The van der Waals surface area contributed by atoms with Crippen molar-refractivity contribution >= 4 is 5.91 Å². The number of carbonyl (C=O) groups excluding carboxylic acids is 1. The van der Waals surface area contributed by atoms with Crippen molar-refractivity contribution in [2.24, 2.45) is 0 Å². The topological polar surface area (TPSA) is 23.6 Å². The number of carbonyl (C=O) groups is 1. The van der Waals surface area contributed by atoms with Gasteiger partial charge < -0.3 is 4.90 Å². The number of hydrogen-bond acceptors (Lipinski definition) is 2. The number of piperazine rings is 1. The second kappa shape index (κ2) is 4.81. The Morgan fingerprint density at radius 2 is 1.59 bits per heavy atom. The summed E-state index contributed by atoms with van der Waals surface area (Å²) in [5, 5.41) is 0. The lowest BCUT2D eigenvalue weighted by Crippen LogP contribution is -2.62. The maximum atomic E-state index is 12.1. The van der Waals surface area contributed by atoms with Crippen LogP contribution >= 0.6 is 0 Å². The van der Waals surface area contributed by atoms with E-state index >= 15 is 0 Å². The molecule has 0 aromatic heterocycles. The molecule has 1 heterocycles. The summed E-state index contributed by atoms with van der Waals surface area (Å²) in [4.78, 5) is 16.5. The lowest BCUT2D eigenvalue weighted by Gasteiger charge is -2.49. The largest absolute Gasteiger partial charge is 0.331 e. The second-order valence-corrected chi connectivity index (χ2v) is 6.27. The van der Waals surface area contributed by atoms with Crippen molar-refractivity contribution in [3.05, 3.63) is 12.2 Å². The monoisotopic (exact) mass is 238 g/mol. The Labute approximate surface area is 105 Å². The maximum Gasteiger partial charge on any atom is 0.249 e. The van der Waals surface area contributed by atoms with Gasteiger partial charge in [-0.1, -0.05) is 6.58 Å². The van der Waals surface area contributed by atoms with Crippen molar-refractivity contribution in [2.45, 2.75) is 59.2 Å². The summed E-state index contributed by atoms with van der Waals surface area (Å²) >= 11 is 0. The van der Waals surface area contributed by atoms with Crippen LogP contribution < -0.4 is 0 Å². The van der Waals surface area contributed by atoms with Crippen molar-refractivity contribution < 1.29 is 4.79 Å². The normalized spacial score (nSPS) is 27.1. The minimum Gasteiger partial charge on any atom is -0.331 e. The van der Waals surface area contributed by atoms with Gasteiger partial charge in [0.25, 0.3) is 0 Å². The SMILES string of the molecule is C=C(C)C(=O)N1[C@H](C)CN(C(C)(C)C)C[C@@H]1C. The second-order valence-electron chi connectivity index (χ2n) is 6.27. The Morgan fingerprint density at radius 3 is 1.88 bits per heavy atom.